The molecule has 2 aromatic carbocycles. The molecule has 0 aromatic heterocycles. The summed E-state index contributed by atoms with van der Waals surface area (Å²) in [6, 6.07) is 15.6. The zero-order valence-electron chi connectivity index (χ0n) is 19.7. The predicted molar refractivity (Wildman–Crippen MR) is 134 cm³/mol. The lowest BCUT2D eigenvalue weighted by atomic mass is 9.98. The highest BCUT2D eigenvalue weighted by atomic mass is 32.2. The van der Waals surface area contributed by atoms with Gasteiger partial charge in [0.25, 0.3) is 0 Å². The summed E-state index contributed by atoms with van der Waals surface area (Å²) >= 11 is 1.60. The zero-order chi connectivity index (χ0) is 24.5. The van der Waals surface area contributed by atoms with Gasteiger partial charge in [-0.3, -0.25) is 9.59 Å². The maximum atomic E-state index is 12.9. The molecule has 0 saturated heterocycles. The molecular formula is C26H32N2O5S. The number of aliphatic carboxylic acids is 1. The Hall–Kier alpha value is -3.00. The Morgan fingerprint density at radius 2 is 1.68 bits per heavy atom. The number of carboxylic acids is 1. The van der Waals surface area contributed by atoms with Crippen LogP contribution in [0.1, 0.15) is 42.7 Å². The predicted octanol–water partition coefficient (Wildman–Crippen LogP) is 4.36. The monoisotopic (exact) mass is 484 g/mol. The number of carboxylic acid groups (broad SMARTS) is 1. The van der Waals surface area contributed by atoms with Gasteiger partial charge in [-0.05, 0) is 53.5 Å². The van der Waals surface area contributed by atoms with Crippen molar-refractivity contribution >= 4 is 29.7 Å². The van der Waals surface area contributed by atoms with E-state index in [1.165, 1.54) is 0 Å². The third kappa shape index (κ3) is 6.53. The highest BCUT2D eigenvalue weighted by Crippen LogP contribution is 2.44. The Morgan fingerprint density at radius 1 is 1.06 bits per heavy atom. The number of likely N-dealkylation sites (N-methyl/N-ethyl adjacent to an activating group) is 1. The van der Waals surface area contributed by atoms with Crippen LogP contribution in [0, 0.1) is 0 Å². The Kier molecular flexibility index (Phi) is 9.39. The molecule has 2 N–H and O–H groups in total. The van der Waals surface area contributed by atoms with Crippen LogP contribution in [0.5, 0.6) is 0 Å². The maximum Gasteiger partial charge on any atom is 0.407 e. The van der Waals surface area contributed by atoms with Crippen LogP contribution in [0.3, 0.4) is 0 Å². The summed E-state index contributed by atoms with van der Waals surface area (Å²) in [6.07, 6.45) is 3.00. The number of nitrogens with zero attached hydrogens (tertiary/aromatic N) is 1. The molecule has 0 aliphatic heterocycles. The summed E-state index contributed by atoms with van der Waals surface area (Å²) in [5, 5.41) is 11.5. The normalized spacial score (nSPS) is 13.0. The van der Waals surface area contributed by atoms with Crippen LogP contribution in [-0.2, 0) is 14.3 Å². The van der Waals surface area contributed by atoms with Gasteiger partial charge in [-0.25, -0.2) is 4.79 Å². The van der Waals surface area contributed by atoms with Crippen molar-refractivity contribution < 1.29 is 24.2 Å². The Morgan fingerprint density at radius 3 is 2.26 bits per heavy atom. The number of ether oxygens (including phenoxy) is 1. The lowest BCUT2D eigenvalue weighted by molar-refractivity contribution is -0.137. The van der Waals surface area contributed by atoms with Crippen LogP contribution in [0.15, 0.2) is 48.5 Å². The van der Waals surface area contributed by atoms with Gasteiger partial charge in [-0.1, -0.05) is 48.5 Å². The minimum absolute atomic E-state index is 0.0459. The fraction of sp³-hybridized carbons (Fsp3) is 0.423. The standard InChI is InChI=1S/C26H32N2O5S/c1-28(15-8-7-13-24(29)30)25(31)23(14-16-34-2)27-26(32)33-17-22-20-11-5-3-9-18(20)19-10-4-6-12-21(19)22/h3-6,9-12,22-23H,7-8,13-17H2,1-2H3,(H,27,32)(H,29,30). The van der Waals surface area contributed by atoms with Crippen molar-refractivity contribution in [2.75, 3.05) is 32.2 Å². The molecule has 0 spiro atoms. The first-order valence-electron chi connectivity index (χ1n) is 11.5. The topological polar surface area (TPSA) is 95.9 Å². The van der Waals surface area contributed by atoms with Crippen molar-refractivity contribution in [1.29, 1.82) is 0 Å². The van der Waals surface area contributed by atoms with Crippen molar-refractivity contribution in [2.45, 2.75) is 37.6 Å². The molecule has 8 heteroatoms. The molecule has 182 valence electrons. The van der Waals surface area contributed by atoms with Crippen LogP contribution in [-0.4, -0.2) is 66.2 Å². The van der Waals surface area contributed by atoms with Gasteiger partial charge >= 0.3 is 12.1 Å². The van der Waals surface area contributed by atoms with E-state index in [1.54, 1.807) is 23.7 Å². The van der Waals surface area contributed by atoms with E-state index >= 15 is 0 Å². The number of carbonyl (C=O) groups excluding carboxylic acids is 2. The van der Waals surface area contributed by atoms with Gasteiger partial charge < -0.3 is 20.1 Å². The quantitative estimate of drug-likeness (QED) is 0.435. The summed E-state index contributed by atoms with van der Waals surface area (Å²) in [6.45, 7) is 0.628. The van der Waals surface area contributed by atoms with Gasteiger partial charge in [0.2, 0.25) is 5.91 Å². The molecule has 0 saturated carbocycles. The van der Waals surface area contributed by atoms with Gasteiger partial charge in [0.15, 0.2) is 0 Å². The molecule has 0 heterocycles. The first kappa shape index (κ1) is 25.6. The highest BCUT2D eigenvalue weighted by molar-refractivity contribution is 7.98. The van der Waals surface area contributed by atoms with Crippen molar-refractivity contribution in [1.82, 2.24) is 10.2 Å². The van der Waals surface area contributed by atoms with E-state index < -0.39 is 18.1 Å². The van der Waals surface area contributed by atoms with E-state index in [1.807, 2.05) is 30.5 Å². The van der Waals surface area contributed by atoms with Crippen LogP contribution in [0.4, 0.5) is 4.79 Å². The number of benzene rings is 2. The van der Waals surface area contributed by atoms with Gasteiger partial charge in [-0.2, -0.15) is 11.8 Å². The molecule has 1 aliphatic rings. The molecule has 0 bridgehead atoms. The minimum atomic E-state index is -0.844. The number of hydrogen-bond acceptors (Lipinski definition) is 5. The summed E-state index contributed by atoms with van der Waals surface area (Å²) < 4.78 is 5.61. The molecule has 1 atom stereocenters. The number of nitrogens with one attached hydrogen (secondary N) is 1. The van der Waals surface area contributed by atoms with Gasteiger partial charge in [0.1, 0.15) is 12.6 Å². The Balaban J connectivity index is 1.58. The Bertz CT molecular complexity index is 967. The number of hydrogen-bond donors (Lipinski definition) is 2. The number of amides is 2. The van der Waals surface area contributed by atoms with Gasteiger partial charge in [0.05, 0.1) is 0 Å². The number of alkyl carbamates (subject to hydrolysis) is 1. The van der Waals surface area contributed by atoms with Crippen molar-refractivity contribution in [2.24, 2.45) is 0 Å². The van der Waals surface area contributed by atoms with Gasteiger partial charge in [0, 0.05) is 25.9 Å². The summed E-state index contributed by atoms with van der Waals surface area (Å²) in [5.74, 6) is -0.371. The minimum Gasteiger partial charge on any atom is -0.481 e. The third-order valence-electron chi connectivity index (χ3n) is 6.05. The first-order valence-corrected chi connectivity index (χ1v) is 12.9. The fourth-order valence-corrected chi connectivity index (χ4v) is 4.75. The van der Waals surface area contributed by atoms with E-state index in [9.17, 15) is 14.4 Å². The van der Waals surface area contributed by atoms with E-state index in [0.29, 0.717) is 31.6 Å². The first-order chi connectivity index (χ1) is 16.4. The molecule has 3 rings (SSSR count). The second-order valence-corrected chi connectivity index (χ2v) is 9.40. The number of unbranched alkanes of at least 4 members (excludes halogenated alkanes) is 1. The molecular weight excluding hydrogens is 452 g/mol. The molecule has 0 fully saturated rings. The smallest absolute Gasteiger partial charge is 0.407 e. The molecule has 1 aliphatic carbocycles. The molecule has 2 amide bonds. The molecule has 2 aromatic rings. The summed E-state index contributed by atoms with van der Waals surface area (Å²) in [4.78, 5) is 37.8. The van der Waals surface area contributed by atoms with Crippen LogP contribution in [0.2, 0.25) is 0 Å². The van der Waals surface area contributed by atoms with Crippen molar-refractivity contribution in [3.8, 4) is 11.1 Å². The van der Waals surface area contributed by atoms with E-state index in [2.05, 4.69) is 29.6 Å². The largest absolute Gasteiger partial charge is 0.481 e. The lowest BCUT2D eigenvalue weighted by Gasteiger charge is -2.24. The van der Waals surface area contributed by atoms with E-state index in [4.69, 9.17) is 9.84 Å². The average molecular weight is 485 g/mol. The fourth-order valence-electron chi connectivity index (χ4n) is 4.28. The van der Waals surface area contributed by atoms with Gasteiger partial charge in [-0.15, -0.1) is 0 Å². The molecule has 7 nitrogen and oxygen atoms in total. The summed E-state index contributed by atoms with van der Waals surface area (Å²) in [7, 11) is 1.68. The van der Waals surface area contributed by atoms with E-state index in [-0.39, 0.29) is 24.9 Å². The lowest BCUT2D eigenvalue weighted by Crippen LogP contribution is -2.48. The number of fused-ring (bicyclic) bond motifs is 3. The van der Waals surface area contributed by atoms with Crippen molar-refractivity contribution in [3.05, 3.63) is 59.7 Å². The Labute approximate surface area is 204 Å². The van der Waals surface area contributed by atoms with Crippen LogP contribution in [0.25, 0.3) is 11.1 Å². The summed E-state index contributed by atoms with van der Waals surface area (Å²) in [5.41, 5.74) is 4.58. The second-order valence-electron chi connectivity index (χ2n) is 8.41. The number of carbonyl (C=O) groups is 3. The zero-order valence-corrected chi connectivity index (χ0v) is 20.5. The maximum absolute atomic E-state index is 12.9. The molecule has 34 heavy (non-hydrogen) atoms. The highest BCUT2D eigenvalue weighted by Gasteiger charge is 2.30. The number of thioether (sulfide) groups is 1. The van der Waals surface area contributed by atoms with Crippen LogP contribution >= 0.6 is 11.8 Å². The second kappa shape index (κ2) is 12.5. The number of rotatable bonds is 12. The third-order valence-corrected chi connectivity index (χ3v) is 6.70. The average Bonchev–Trinajstić information content (AvgIpc) is 3.16. The van der Waals surface area contributed by atoms with E-state index in [0.717, 1.165) is 22.3 Å². The molecule has 0 radical (unpaired) electrons. The SMILES string of the molecule is CSCCC(NC(=O)OCC1c2ccccc2-c2ccccc21)C(=O)N(C)CCCCC(=O)O. The van der Waals surface area contributed by atoms with Crippen LogP contribution < -0.4 is 5.32 Å². The molecule has 1 unspecified atom stereocenters. The van der Waals surface area contributed by atoms with Crippen molar-refractivity contribution in [3.63, 3.8) is 0 Å².